The molecular weight excluding hydrogens is 368 g/mol. The minimum atomic E-state index is -0.105. The van der Waals surface area contributed by atoms with Crippen molar-refractivity contribution in [3.63, 3.8) is 0 Å². The molecule has 0 radical (unpaired) electrons. The molecule has 0 aliphatic heterocycles. The van der Waals surface area contributed by atoms with Crippen molar-refractivity contribution in [1.29, 1.82) is 0 Å². The first-order valence-electron chi connectivity index (χ1n) is 9.83. The van der Waals surface area contributed by atoms with Crippen molar-refractivity contribution in [2.75, 3.05) is 0 Å². The van der Waals surface area contributed by atoms with Crippen molar-refractivity contribution in [1.82, 2.24) is 29.9 Å². The van der Waals surface area contributed by atoms with Crippen LogP contribution in [0.3, 0.4) is 0 Å². The third-order valence-electron chi connectivity index (χ3n) is 5.41. The van der Waals surface area contributed by atoms with Gasteiger partial charge in [-0.15, -0.1) is 0 Å². The number of carbonyl (C=O) groups excluding carboxylic acids is 1. The number of hydrogen-bond acceptors (Lipinski definition) is 5. The van der Waals surface area contributed by atoms with E-state index in [0.717, 1.165) is 42.6 Å². The van der Waals surface area contributed by atoms with Gasteiger partial charge in [-0.05, 0) is 56.9 Å². The number of carbonyl (C=O) groups is 1. The zero-order valence-electron chi connectivity index (χ0n) is 16.6. The molecule has 3 aromatic heterocycles. The molecule has 1 N–H and O–H groups in total. The number of nitrogens with zero attached hydrogens (tertiary/aromatic N) is 5. The summed E-state index contributed by atoms with van der Waals surface area (Å²) in [5.41, 5.74) is 2.98. The van der Waals surface area contributed by atoms with Gasteiger partial charge in [0.2, 0.25) is 0 Å². The maximum Gasteiger partial charge on any atom is 0.269 e. The third kappa shape index (κ3) is 4.11. The Balaban J connectivity index is 1.43. The van der Waals surface area contributed by atoms with Crippen molar-refractivity contribution < 1.29 is 4.79 Å². The predicted molar refractivity (Wildman–Crippen MR) is 108 cm³/mol. The Kier molecular flexibility index (Phi) is 5.24. The number of pyridine rings is 1. The van der Waals surface area contributed by atoms with E-state index in [9.17, 15) is 9.59 Å². The lowest BCUT2D eigenvalue weighted by Gasteiger charge is -2.29. The molecule has 0 unspecified atom stereocenters. The largest absolute Gasteiger partial charge is 0.348 e. The Bertz CT molecular complexity index is 1060. The maximum atomic E-state index is 12.5. The van der Waals surface area contributed by atoms with Gasteiger partial charge in [-0.2, -0.15) is 10.2 Å². The van der Waals surface area contributed by atoms with Crippen molar-refractivity contribution >= 4 is 5.91 Å². The third-order valence-corrected chi connectivity index (χ3v) is 5.41. The molecule has 1 amide bonds. The van der Waals surface area contributed by atoms with E-state index in [1.807, 2.05) is 19.1 Å². The van der Waals surface area contributed by atoms with E-state index >= 15 is 0 Å². The SMILES string of the molecule is Cc1cc(C(=O)NC2CCC(n3nc(-c4ccncc4)ccc3=O)CC2)n(C)n1. The Hall–Kier alpha value is -3.29. The highest BCUT2D eigenvalue weighted by molar-refractivity contribution is 5.92. The van der Waals surface area contributed by atoms with Crippen LogP contribution in [-0.2, 0) is 7.05 Å². The molecule has 1 saturated carbocycles. The highest BCUT2D eigenvalue weighted by Crippen LogP contribution is 2.28. The first-order chi connectivity index (χ1) is 14.0. The van der Waals surface area contributed by atoms with Gasteiger partial charge in [0.15, 0.2) is 0 Å². The van der Waals surface area contributed by atoms with Gasteiger partial charge in [0, 0.05) is 37.1 Å². The van der Waals surface area contributed by atoms with Crippen molar-refractivity contribution in [3.05, 3.63) is 64.5 Å². The molecule has 0 bridgehead atoms. The summed E-state index contributed by atoms with van der Waals surface area (Å²) in [4.78, 5) is 28.9. The minimum Gasteiger partial charge on any atom is -0.348 e. The molecular formula is C21H24N6O2. The van der Waals surface area contributed by atoms with Gasteiger partial charge >= 0.3 is 0 Å². The van der Waals surface area contributed by atoms with Crippen molar-refractivity contribution in [3.8, 4) is 11.3 Å². The highest BCUT2D eigenvalue weighted by atomic mass is 16.2. The quantitative estimate of drug-likeness (QED) is 0.735. The van der Waals surface area contributed by atoms with Gasteiger partial charge in [-0.25, -0.2) is 4.68 Å². The fourth-order valence-corrected chi connectivity index (χ4v) is 3.91. The van der Waals surface area contributed by atoms with Crippen LogP contribution >= 0.6 is 0 Å². The molecule has 1 fully saturated rings. The summed E-state index contributed by atoms with van der Waals surface area (Å²) in [6, 6.07) is 8.99. The second kappa shape index (κ2) is 7.98. The topological polar surface area (TPSA) is 94.7 Å². The van der Waals surface area contributed by atoms with E-state index < -0.39 is 0 Å². The molecule has 0 saturated heterocycles. The first-order valence-corrected chi connectivity index (χ1v) is 9.83. The Morgan fingerprint density at radius 1 is 1.07 bits per heavy atom. The number of hydrogen-bond donors (Lipinski definition) is 1. The molecule has 0 spiro atoms. The number of rotatable bonds is 4. The van der Waals surface area contributed by atoms with Gasteiger partial charge < -0.3 is 5.32 Å². The summed E-state index contributed by atoms with van der Waals surface area (Å²) in [5.74, 6) is -0.105. The molecule has 4 rings (SSSR count). The molecule has 8 nitrogen and oxygen atoms in total. The normalized spacial score (nSPS) is 19.1. The summed E-state index contributed by atoms with van der Waals surface area (Å²) >= 11 is 0. The molecule has 1 aliphatic rings. The number of aromatic nitrogens is 5. The van der Waals surface area contributed by atoms with Gasteiger partial charge in [0.25, 0.3) is 11.5 Å². The van der Waals surface area contributed by atoms with E-state index in [1.165, 1.54) is 0 Å². The molecule has 150 valence electrons. The smallest absolute Gasteiger partial charge is 0.269 e. The fourth-order valence-electron chi connectivity index (χ4n) is 3.91. The van der Waals surface area contributed by atoms with Crippen LogP contribution in [0.5, 0.6) is 0 Å². The van der Waals surface area contributed by atoms with E-state index in [0.29, 0.717) is 5.69 Å². The molecule has 8 heteroatoms. The van der Waals surface area contributed by atoms with Crippen LogP contribution in [0.2, 0.25) is 0 Å². The van der Waals surface area contributed by atoms with Gasteiger partial charge in [0.05, 0.1) is 17.4 Å². The molecule has 0 aromatic carbocycles. The summed E-state index contributed by atoms with van der Waals surface area (Å²) in [5, 5.41) is 11.9. The zero-order valence-corrected chi connectivity index (χ0v) is 16.6. The van der Waals surface area contributed by atoms with Crippen LogP contribution < -0.4 is 10.9 Å². The van der Waals surface area contributed by atoms with Crippen molar-refractivity contribution in [2.45, 2.75) is 44.7 Å². The first kappa shape index (κ1) is 19.0. The number of nitrogens with one attached hydrogen (secondary N) is 1. The summed E-state index contributed by atoms with van der Waals surface area (Å²) in [6.07, 6.45) is 6.63. The zero-order chi connectivity index (χ0) is 20.4. The van der Waals surface area contributed by atoms with Gasteiger partial charge in [0.1, 0.15) is 5.69 Å². The lowest BCUT2D eigenvalue weighted by atomic mass is 9.91. The monoisotopic (exact) mass is 392 g/mol. The van der Waals surface area contributed by atoms with Gasteiger partial charge in [-0.3, -0.25) is 19.3 Å². The van der Waals surface area contributed by atoms with E-state index in [2.05, 4.69) is 20.5 Å². The summed E-state index contributed by atoms with van der Waals surface area (Å²) in [7, 11) is 1.77. The summed E-state index contributed by atoms with van der Waals surface area (Å²) in [6.45, 7) is 1.87. The van der Waals surface area contributed by atoms with Crippen LogP contribution in [0.1, 0.15) is 47.9 Å². The molecule has 3 heterocycles. The van der Waals surface area contributed by atoms with E-state index in [1.54, 1.807) is 47.0 Å². The van der Waals surface area contributed by atoms with Crippen LogP contribution in [0, 0.1) is 6.92 Å². The second-order valence-electron chi connectivity index (χ2n) is 7.51. The number of amides is 1. The van der Waals surface area contributed by atoms with Gasteiger partial charge in [-0.1, -0.05) is 0 Å². The van der Waals surface area contributed by atoms with Crippen LogP contribution in [-0.4, -0.2) is 36.5 Å². The molecule has 3 aromatic rings. The predicted octanol–water partition coefficient (Wildman–Crippen LogP) is 2.26. The Morgan fingerprint density at radius 2 is 1.79 bits per heavy atom. The second-order valence-corrected chi connectivity index (χ2v) is 7.51. The van der Waals surface area contributed by atoms with Crippen LogP contribution in [0.4, 0.5) is 0 Å². The number of aryl methyl sites for hydroxylation is 2. The molecule has 0 atom stereocenters. The standard InChI is InChI=1S/C21H24N6O2/c1-14-13-19(26(2)24-14)21(29)23-16-3-5-17(6-4-16)27-20(28)8-7-18(25-27)15-9-11-22-12-10-15/h7-13,16-17H,3-6H2,1-2H3,(H,23,29). The molecule has 29 heavy (non-hydrogen) atoms. The van der Waals surface area contributed by atoms with Crippen molar-refractivity contribution in [2.24, 2.45) is 7.05 Å². The average molecular weight is 392 g/mol. The summed E-state index contributed by atoms with van der Waals surface area (Å²) < 4.78 is 3.20. The fraction of sp³-hybridized carbons (Fsp3) is 0.381. The Morgan fingerprint density at radius 3 is 2.45 bits per heavy atom. The molecule has 1 aliphatic carbocycles. The van der Waals surface area contributed by atoms with E-state index in [4.69, 9.17) is 0 Å². The lowest BCUT2D eigenvalue weighted by molar-refractivity contribution is 0.0912. The Labute approximate surface area is 168 Å². The minimum absolute atomic E-state index is 0.0383. The average Bonchev–Trinajstić information content (AvgIpc) is 3.08. The maximum absolute atomic E-state index is 12.5. The van der Waals surface area contributed by atoms with E-state index in [-0.39, 0.29) is 23.6 Å². The lowest BCUT2D eigenvalue weighted by Crippen LogP contribution is -2.40. The van der Waals surface area contributed by atoms with Crippen LogP contribution in [0.15, 0.2) is 47.5 Å². The highest BCUT2D eigenvalue weighted by Gasteiger charge is 2.26. The van der Waals surface area contributed by atoms with Crippen LogP contribution in [0.25, 0.3) is 11.3 Å².